The molecule has 0 bridgehead atoms. The maximum absolute atomic E-state index is 12.8. The van der Waals surface area contributed by atoms with Crippen LogP contribution in [0.3, 0.4) is 0 Å². The van der Waals surface area contributed by atoms with E-state index in [-0.39, 0.29) is 5.91 Å². The van der Waals surface area contributed by atoms with Crippen molar-refractivity contribution in [2.45, 2.75) is 32.2 Å². The van der Waals surface area contributed by atoms with Crippen molar-refractivity contribution in [3.05, 3.63) is 71.8 Å². The van der Waals surface area contributed by atoms with E-state index < -0.39 is 0 Å². The number of nitrogens with zero attached hydrogens (tertiary/aromatic N) is 1. The number of rotatable bonds is 8. The number of carbonyl (C=O) groups excluding carboxylic acids is 1. The quantitative estimate of drug-likeness (QED) is 0.798. The average molecular weight is 336 g/mol. The van der Waals surface area contributed by atoms with Gasteiger partial charge in [-0.2, -0.15) is 0 Å². The second-order valence-electron chi connectivity index (χ2n) is 6.93. The Morgan fingerprint density at radius 3 is 2.32 bits per heavy atom. The van der Waals surface area contributed by atoms with Crippen LogP contribution in [0.4, 0.5) is 0 Å². The maximum Gasteiger partial charge on any atom is 0.222 e. The van der Waals surface area contributed by atoms with Gasteiger partial charge in [0.2, 0.25) is 5.91 Å². The van der Waals surface area contributed by atoms with E-state index in [1.165, 1.54) is 17.5 Å². The Balaban J connectivity index is 1.59. The number of amides is 1. The number of hydrogen-bond donors (Lipinski definition) is 1. The summed E-state index contributed by atoms with van der Waals surface area (Å²) in [5.74, 6) is 0.948. The smallest absolute Gasteiger partial charge is 0.222 e. The number of hydrogen-bond acceptors (Lipinski definition) is 2. The van der Waals surface area contributed by atoms with Gasteiger partial charge >= 0.3 is 0 Å². The highest BCUT2D eigenvalue weighted by molar-refractivity contribution is 5.76. The molecule has 1 aliphatic rings. The average Bonchev–Trinajstić information content (AvgIpc) is 3.18. The molecular formula is C22H28N2O. The van der Waals surface area contributed by atoms with Gasteiger partial charge in [0.25, 0.3) is 0 Å². The summed E-state index contributed by atoms with van der Waals surface area (Å²) in [6.07, 6.45) is 3.77. The topological polar surface area (TPSA) is 32.3 Å². The number of benzene rings is 2. The molecule has 1 atom stereocenters. The van der Waals surface area contributed by atoms with Crippen LogP contribution in [0.25, 0.3) is 0 Å². The van der Waals surface area contributed by atoms with Crippen LogP contribution in [-0.4, -0.2) is 30.4 Å². The number of nitrogens with one attached hydrogen (secondary N) is 1. The van der Waals surface area contributed by atoms with Crippen molar-refractivity contribution >= 4 is 5.91 Å². The first-order chi connectivity index (χ1) is 12.3. The Labute approximate surface area is 151 Å². The third-order valence-electron chi connectivity index (χ3n) is 5.01. The molecule has 1 aliphatic heterocycles. The Bertz CT molecular complexity index is 636. The molecule has 0 aliphatic carbocycles. The molecule has 0 aromatic heterocycles. The first-order valence-corrected chi connectivity index (χ1v) is 9.37. The third-order valence-corrected chi connectivity index (χ3v) is 5.01. The van der Waals surface area contributed by atoms with Crippen LogP contribution in [0.2, 0.25) is 0 Å². The molecule has 0 spiro atoms. The molecule has 1 N–H and O–H groups in total. The van der Waals surface area contributed by atoms with Gasteiger partial charge in [-0.05, 0) is 49.4 Å². The minimum absolute atomic E-state index is 0.284. The van der Waals surface area contributed by atoms with E-state index in [4.69, 9.17) is 0 Å². The second-order valence-corrected chi connectivity index (χ2v) is 6.93. The normalized spacial score (nSPS) is 16.7. The van der Waals surface area contributed by atoms with Gasteiger partial charge in [-0.3, -0.25) is 4.79 Å². The standard InChI is InChI=1S/C22H28N2O/c25-22(12-11-20-13-15-23-17-20)24(18-21-9-5-2-6-10-21)16-14-19-7-3-1-4-8-19/h1-10,20,23H,11-18H2. The van der Waals surface area contributed by atoms with Crippen molar-refractivity contribution in [1.82, 2.24) is 10.2 Å². The van der Waals surface area contributed by atoms with Crippen molar-refractivity contribution in [3.63, 3.8) is 0 Å². The predicted molar refractivity (Wildman–Crippen MR) is 102 cm³/mol. The van der Waals surface area contributed by atoms with E-state index in [1.54, 1.807) is 0 Å². The maximum atomic E-state index is 12.8. The molecule has 1 fully saturated rings. The molecule has 0 radical (unpaired) electrons. The molecular weight excluding hydrogens is 308 g/mol. The van der Waals surface area contributed by atoms with Crippen LogP contribution in [0.5, 0.6) is 0 Å². The summed E-state index contributed by atoms with van der Waals surface area (Å²) in [6.45, 7) is 3.65. The zero-order valence-corrected chi connectivity index (χ0v) is 14.9. The van der Waals surface area contributed by atoms with Crippen LogP contribution < -0.4 is 5.32 Å². The Kier molecular flexibility index (Phi) is 6.63. The van der Waals surface area contributed by atoms with Gasteiger partial charge in [0, 0.05) is 19.5 Å². The van der Waals surface area contributed by atoms with E-state index in [0.29, 0.717) is 18.9 Å². The van der Waals surface area contributed by atoms with Crippen LogP contribution in [-0.2, 0) is 17.8 Å². The molecule has 132 valence electrons. The molecule has 3 rings (SSSR count). The highest BCUT2D eigenvalue weighted by atomic mass is 16.2. The lowest BCUT2D eigenvalue weighted by Gasteiger charge is -2.24. The molecule has 2 aromatic rings. The van der Waals surface area contributed by atoms with Gasteiger partial charge in [-0.15, -0.1) is 0 Å². The monoisotopic (exact) mass is 336 g/mol. The Morgan fingerprint density at radius 1 is 1.00 bits per heavy atom. The van der Waals surface area contributed by atoms with Gasteiger partial charge in [-0.1, -0.05) is 60.7 Å². The fraction of sp³-hybridized carbons (Fsp3) is 0.409. The van der Waals surface area contributed by atoms with Crippen LogP contribution in [0, 0.1) is 5.92 Å². The molecule has 1 saturated heterocycles. The van der Waals surface area contributed by atoms with Crippen molar-refractivity contribution in [1.29, 1.82) is 0 Å². The lowest BCUT2D eigenvalue weighted by molar-refractivity contribution is -0.132. The van der Waals surface area contributed by atoms with E-state index in [9.17, 15) is 4.79 Å². The second kappa shape index (κ2) is 9.38. The van der Waals surface area contributed by atoms with Gasteiger partial charge in [0.15, 0.2) is 0 Å². The molecule has 25 heavy (non-hydrogen) atoms. The fourth-order valence-electron chi connectivity index (χ4n) is 3.45. The highest BCUT2D eigenvalue weighted by Gasteiger charge is 2.19. The lowest BCUT2D eigenvalue weighted by atomic mass is 10.0. The highest BCUT2D eigenvalue weighted by Crippen LogP contribution is 2.16. The Hall–Kier alpha value is -2.13. The zero-order valence-electron chi connectivity index (χ0n) is 14.9. The molecule has 3 heteroatoms. The van der Waals surface area contributed by atoms with Crippen molar-refractivity contribution < 1.29 is 4.79 Å². The summed E-state index contributed by atoms with van der Waals surface area (Å²) in [5, 5.41) is 3.39. The van der Waals surface area contributed by atoms with Crippen molar-refractivity contribution in [3.8, 4) is 0 Å². The van der Waals surface area contributed by atoms with Crippen LogP contribution in [0.1, 0.15) is 30.4 Å². The van der Waals surface area contributed by atoms with Gasteiger partial charge < -0.3 is 10.2 Å². The SMILES string of the molecule is O=C(CCC1CCNC1)N(CCc1ccccc1)Cc1ccccc1. The predicted octanol–water partition coefficient (Wildman–Crippen LogP) is 3.65. The summed E-state index contributed by atoms with van der Waals surface area (Å²) >= 11 is 0. The Morgan fingerprint density at radius 2 is 1.68 bits per heavy atom. The third kappa shape index (κ3) is 5.71. The van der Waals surface area contributed by atoms with Crippen molar-refractivity contribution in [2.75, 3.05) is 19.6 Å². The molecule has 2 aromatic carbocycles. The summed E-state index contributed by atoms with van der Waals surface area (Å²) in [4.78, 5) is 14.9. The summed E-state index contributed by atoms with van der Waals surface area (Å²) in [5.41, 5.74) is 2.49. The largest absolute Gasteiger partial charge is 0.338 e. The van der Waals surface area contributed by atoms with Gasteiger partial charge in [0.05, 0.1) is 0 Å². The first-order valence-electron chi connectivity index (χ1n) is 9.37. The first kappa shape index (κ1) is 17.7. The van der Waals surface area contributed by atoms with Crippen LogP contribution >= 0.6 is 0 Å². The number of carbonyl (C=O) groups is 1. The van der Waals surface area contributed by atoms with Gasteiger partial charge in [-0.25, -0.2) is 0 Å². The van der Waals surface area contributed by atoms with Gasteiger partial charge in [0.1, 0.15) is 0 Å². The minimum atomic E-state index is 0.284. The van der Waals surface area contributed by atoms with E-state index in [1.807, 2.05) is 29.2 Å². The molecule has 3 nitrogen and oxygen atoms in total. The van der Waals surface area contributed by atoms with E-state index >= 15 is 0 Å². The van der Waals surface area contributed by atoms with E-state index in [2.05, 4.69) is 41.7 Å². The molecule has 0 saturated carbocycles. The minimum Gasteiger partial charge on any atom is -0.338 e. The zero-order chi connectivity index (χ0) is 17.3. The summed E-state index contributed by atoms with van der Waals surface area (Å²) in [6, 6.07) is 20.7. The lowest BCUT2D eigenvalue weighted by Crippen LogP contribution is -2.32. The molecule has 1 amide bonds. The van der Waals surface area contributed by atoms with Crippen LogP contribution in [0.15, 0.2) is 60.7 Å². The summed E-state index contributed by atoms with van der Waals surface area (Å²) < 4.78 is 0. The van der Waals surface area contributed by atoms with E-state index in [0.717, 1.165) is 32.5 Å². The molecule has 1 unspecified atom stereocenters. The molecule has 1 heterocycles. The summed E-state index contributed by atoms with van der Waals surface area (Å²) in [7, 11) is 0. The fourth-order valence-corrected chi connectivity index (χ4v) is 3.45. The van der Waals surface area contributed by atoms with Crippen molar-refractivity contribution in [2.24, 2.45) is 5.92 Å².